The fraction of sp³-hybridized carbons (Fsp3) is 0.556. The van der Waals surface area contributed by atoms with Gasteiger partial charge >= 0.3 is 0 Å². The third kappa shape index (κ3) is 3.39. The Morgan fingerprint density at radius 2 is 2.12 bits per heavy atom. The highest BCUT2D eigenvalue weighted by Gasteiger charge is 2.28. The minimum Gasteiger partial charge on any atom is -0.396 e. The van der Waals surface area contributed by atoms with Gasteiger partial charge in [-0.25, -0.2) is 4.98 Å². The number of carbonyl (C=O) groups excluding carboxylic acids is 1. The summed E-state index contributed by atoms with van der Waals surface area (Å²) < 4.78 is 1.89. The van der Waals surface area contributed by atoms with Crippen LogP contribution in [0.3, 0.4) is 0 Å². The first-order chi connectivity index (χ1) is 11.5. The van der Waals surface area contributed by atoms with Crippen LogP contribution in [-0.4, -0.2) is 45.2 Å². The molecule has 130 valence electrons. The second-order valence-corrected chi connectivity index (χ2v) is 7.81. The van der Waals surface area contributed by atoms with Crippen molar-refractivity contribution in [1.29, 1.82) is 0 Å². The Morgan fingerprint density at radius 3 is 2.71 bits per heavy atom. The lowest BCUT2D eigenvalue weighted by Crippen LogP contribution is -2.40. The molecule has 24 heavy (non-hydrogen) atoms. The fourth-order valence-corrected chi connectivity index (χ4v) is 4.10. The molecular formula is C18H25N3O2S. The number of hydrogen-bond acceptors (Lipinski definition) is 4. The van der Waals surface area contributed by atoms with Gasteiger partial charge in [0.2, 0.25) is 0 Å². The first kappa shape index (κ1) is 17.2. The number of rotatable bonds is 4. The van der Waals surface area contributed by atoms with Crippen molar-refractivity contribution in [3.05, 3.63) is 28.3 Å². The number of aliphatic hydroxyl groups excluding tert-OH is 1. The van der Waals surface area contributed by atoms with Crippen molar-refractivity contribution in [2.75, 3.05) is 13.7 Å². The average molecular weight is 347 g/mol. The molecule has 1 amide bonds. The molecule has 3 rings (SSSR count). The second kappa shape index (κ2) is 7.07. The lowest BCUT2D eigenvalue weighted by molar-refractivity contribution is 0.0643. The second-order valence-electron chi connectivity index (χ2n) is 6.75. The zero-order valence-corrected chi connectivity index (χ0v) is 15.3. The minimum atomic E-state index is 0.0585. The van der Waals surface area contributed by atoms with Crippen LogP contribution < -0.4 is 0 Å². The zero-order valence-electron chi connectivity index (χ0n) is 14.5. The maximum absolute atomic E-state index is 12.9. The lowest BCUT2D eigenvalue weighted by atomic mass is 9.86. The summed E-state index contributed by atoms with van der Waals surface area (Å²) in [6.45, 7) is 2.25. The highest BCUT2D eigenvalue weighted by molar-refractivity contribution is 7.09. The number of aliphatic hydroxyl groups is 1. The van der Waals surface area contributed by atoms with Crippen LogP contribution in [0, 0.1) is 12.8 Å². The van der Waals surface area contributed by atoms with Gasteiger partial charge in [0.25, 0.3) is 5.91 Å². The van der Waals surface area contributed by atoms with Crippen LogP contribution in [0.5, 0.6) is 0 Å². The smallest absolute Gasteiger partial charge is 0.270 e. The first-order valence-electron chi connectivity index (χ1n) is 8.46. The molecule has 2 aromatic heterocycles. The van der Waals surface area contributed by atoms with Crippen molar-refractivity contribution in [3.8, 4) is 11.3 Å². The number of nitrogens with zero attached hydrogens (tertiary/aromatic N) is 3. The number of carbonyl (C=O) groups is 1. The van der Waals surface area contributed by atoms with E-state index in [2.05, 4.69) is 4.98 Å². The maximum Gasteiger partial charge on any atom is 0.270 e. The number of hydrogen-bond donors (Lipinski definition) is 1. The van der Waals surface area contributed by atoms with Crippen molar-refractivity contribution in [2.24, 2.45) is 13.0 Å². The van der Waals surface area contributed by atoms with Crippen LogP contribution >= 0.6 is 11.3 Å². The SMILES string of the molecule is Cc1nc(-c2cc(C(=O)N(C)C3CCC(CO)CC3)n(C)c2)cs1. The third-order valence-electron chi connectivity index (χ3n) is 5.08. The molecule has 1 aliphatic rings. The van der Waals surface area contributed by atoms with Gasteiger partial charge in [0.15, 0.2) is 0 Å². The number of aromatic nitrogens is 2. The summed E-state index contributed by atoms with van der Waals surface area (Å²) in [5.41, 5.74) is 2.61. The Labute approximate surface area is 146 Å². The Bertz CT molecular complexity index is 714. The molecule has 0 bridgehead atoms. The Kier molecular flexibility index (Phi) is 5.06. The van der Waals surface area contributed by atoms with E-state index in [1.807, 2.05) is 48.1 Å². The number of thiazole rings is 1. The van der Waals surface area contributed by atoms with Gasteiger partial charge in [-0.1, -0.05) is 0 Å². The predicted molar refractivity (Wildman–Crippen MR) is 96.2 cm³/mol. The molecule has 2 heterocycles. The molecule has 6 heteroatoms. The van der Waals surface area contributed by atoms with E-state index in [4.69, 9.17) is 0 Å². The van der Waals surface area contributed by atoms with Crippen molar-refractivity contribution in [3.63, 3.8) is 0 Å². The molecule has 1 N–H and O–H groups in total. The van der Waals surface area contributed by atoms with Crippen LogP contribution in [0.1, 0.15) is 41.2 Å². The minimum absolute atomic E-state index is 0.0585. The Balaban J connectivity index is 1.74. The molecule has 0 aromatic carbocycles. The third-order valence-corrected chi connectivity index (χ3v) is 5.85. The molecule has 0 saturated heterocycles. The molecular weight excluding hydrogens is 322 g/mol. The van der Waals surface area contributed by atoms with Crippen LogP contribution in [0.4, 0.5) is 0 Å². The van der Waals surface area contributed by atoms with Gasteiger partial charge in [-0.3, -0.25) is 4.79 Å². The van der Waals surface area contributed by atoms with Gasteiger partial charge in [0.1, 0.15) is 5.69 Å². The molecule has 1 fully saturated rings. The topological polar surface area (TPSA) is 58.4 Å². The molecule has 1 saturated carbocycles. The monoisotopic (exact) mass is 347 g/mol. The highest BCUT2D eigenvalue weighted by atomic mass is 32.1. The highest BCUT2D eigenvalue weighted by Crippen LogP contribution is 2.29. The molecule has 0 aliphatic heterocycles. The van der Waals surface area contributed by atoms with Gasteiger partial charge in [-0.15, -0.1) is 11.3 Å². The van der Waals surface area contributed by atoms with E-state index < -0.39 is 0 Å². The van der Waals surface area contributed by atoms with E-state index >= 15 is 0 Å². The normalized spacial score (nSPS) is 21.0. The lowest BCUT2D eigenvalue weighted by Gasteiger charge is -2.34. The van der Waals surface area contributed by atoms with Gasteiger partial charge in [0.05, 0.1) is 10.7 Å². The van der Waals surface area contributed by atoms with Crippen LogP contribution in [-0.2, 0) is 7.05 Å². The summed E-state index contributed by atoms with van der Waals surface area (Å²) in [5, 5.41) is 12.3. The summed E-state index contributed by atoms with van der Waals surface area (Å²) in [4.78, 5) is 19.3. The fourth-order valence-electron chi connectivity index (χ4n) is 3.47. The van der Waals surface area contributed by atoms with Crippen molar-refractivity contribution in [2.45, 2.75) is 38.6 Å². The quantitative estimate of drug-likeness (QED) is 0.925. The molecule has 0 atom stereocenters. The summed E-state index contributed by atoms with van der Waals surface area (Å²) in [6.07, 6.45) is 5.90. The van der Waals surface area contributed by atoms with E-state index in [1.165, 1.54) is 0 Å². The van der Waals surface area contributed by atoms with Gasteiger partial charge in [-0.2, -0.15) is 0 Å². The van der Waals surface area contributed by atoms with Gasteiger partial charge in [-0.05, 0) is 44.6 Å². The Morgan fingerprint density at radius 1 is 1.42 bits per heavy atom. The standard InChI is InChI=1S/C18H25N3O2S/c1-12-19-16(11-24-12)14-8-17(20(2)9-14)18(23)21(3)15-6-4-13(10-22)5-7-15/h8-9,11,13,15,22H,4-7,10H2,1-3H3. The van der Waals surface area contributed by atoms with Crippen LogP contribution in [0.25, 0.3) is 11.3 Å². The molecule has 0 radical (unpaired) electrons. The molecule has 1 aliphatic carbocycles. The van der Waals surface area contributed by atoms with E-state index in [-0.39, 0.29) is 18.6 Å². The van der Waals surface area contributed by atoms with E-state index in [0.717, 1.165) is 41.9 Å². The maximum atomic E-state index is 12.9. The number of amides is 1. The summed E-state index contributed by atoms with van der Waals surface area (Å²) in [6, 6.07) is 2.20. The van der Waals surface area contributed by atoms with E-state index in [9.17, 15) is 9.90 Å². The zero-order chi connectivity index (χ0) is 17.3. The Hall–Kier alpha value is -1.66. The van der Waals surface area contributed by atoms with Crippen LogP contribution in [0.2, 0.25) is 0 Å². The largest absolute Gasteiger partial charge is 0.396 e. The average Bonchev–Trinajstić information content (AvgIpc) is 3.19. The number of aryl methyl sites for hydroxylation is 2. The van der Waals surface area contributed by atoms with Gasteiger partial charge in [0, 0.05) is 43.9 Å². The molecule has 2 aromatic rings. The summed E-state index contributed by atoms with van der Waals surface area (Å²) in [7, 11) is 3.80. The van der Waals surface area contributed by atoms with E-state index in [1.54, 1.807) is 11.3 Å². The predicted octanol–water partition coefficient (Wildman–Crippen LogP) is 3.08. The summed E-state index contributed by atoms with van der Waals surface area (Å²) >= 11 is 1.62. The van der Waals surface area contributed by atoms with Crippen LogP contribution in [0.15, 0.2) is 17.6 Å². The van der Waals surface area contributed by atoms with Crippen molar-refractivity contribution in [1.82, 2.24) is 14.5 Å². The molecule has 5 nitrogen and oxygen atoms in total. The molecule has 0 spiro atoms. The first-order valence-corrected chi connectivity index (χ1v) is 9.34. The summed E-state index contributed by atoms with van der Waals surface area (Å²) in [5.74, 6) is 0.461. The van der Waals surface area contributed by atoms with Gasteiger partial charge < -0.3 is 14.6 Å². The van der Waals surface area contributed by atoms with Crippen molar-refractivity contribution >= 4 is 17.2 Å². The van der Waals surface area contributed by atoms with Crippen molar-refractivity contribution < 1.29 is 9.90 Å². The van der Waals surface area contributed by atoms with E-state index in [0.29, 0.717) is 11.6 Å². The molecule has 0 unspecified atom stereocenters.